The summed E-state index contributed by atoms with van der Waals surface area (Å²) < 4.78 is 0. The van der Waals surface area contributed by atoms with Gasteiger partial charge in [0.1, 0.15) is 0 Å². The number of carbonyl (C=O) groups excluding carboxylic acids is 1. The third-order valence-corrected chi connectivity index (χ3v) is 2.13. The van der Waals surface area contributed by atoms with Crippen molar-refractivity contribution in [3.8, 4) is 0 Å². The second kappa shape index (κ2) is 6.23. The van der Waals surface area contributed by atoms with Crippen LogP contribution in [0.15, 0.2) is 18.5 Å². The maximum atomic E-state index is 11.8. The number of nitrogens with one attached hydrogen (secondary N) is 2. The molecule has 0 saturated carbocycles. The molecule has 17 heavy (non-hydrogen) atoms. The summed E-state index contributed by atoms with van der Waals surface area (Å²) in [6, 6.07) is 2.15. The Kier molecular flexibility index (Phi) is 4.94. The molecule has 0 aliphatic carbocycles. The topological polar surface area (TPSA) is 54.0 Å². The van der Waals surface area contributed by atoms with E-state index >= 15 is 0 Å². The summed E-state index contributed by atoms with van der Waals surface area (Å²) in [6.45, 7) is 8.90. The average Bonchev–Trinajstić information content (AvgIpc) is 2.25. The van der Waals surface area contributed by atoms with Crippen LogP contribution in [0.5, 0.6) is 0 Å². The first kappa shape index (κ1) is 13.5. The number of aromatic nitrogens is 1. The lowest BCUT2D eigenvalue weighted by Gasteiger charge is -2.11. The van der Waals surface area contributed by atoms with Gasteiger partial charge in [-0.25, -0.2) is 0 Å². The van der Waals surface area contributed by atoms with Gasteiger partial charge in [0.05, 0.1) is 11.3 Å². The number of pyridine rings is 1. The molecule has 0 spiro atoms. The van der Waals surface area contributed by atoms with Gasteiger partial charge in [0.2, 0.25) is 0 Å². The molecule has 0 atom stereocenters. The Labute approximate surface area is 103 Å². The fourth-order valence-corrected chi connectivity index (χ4v) is 1.38. The zero-order valence-electron chi connectivity index (χ0n) is 10.9. The molecule has 0 radical (unpaired) electrons. The highest BCUT2D eigenvalue weighted by molar-refractivity contribution is 5.94. The van der Waals surface area contributed by atoms with Gasteiger partial charge in [-0.05, 0) is 25.8 Å². The fourth-order valence-electron chi connectivity index (χ4n) is 1.38. The van der Waals surface area contributed by atoms with Crippen LogP contribution < -0.4 is 10.6 Å². The molecule has 0 bridgehead atoms. The molecule has 94 valence electrons. The van der Waals surface area contributed by atoms with Gasteiger partial charge in [0.15, 0.2) is 0 Å². The lowest BCUT2D eigenvalue weighted by atomic mass is 10.2. The minimum atomic E-state index is -0.0707. The second-order valence-corrected chi connectivity index (χ2v) is 4.87. The van der Waals surface area contributed by atoms with Crippen molar-refractivity contribution in [1.29, 1.82) is 0 Å². The molecule has 0 fully saturated rings. The first-order valence-electron chi connectivity index (χ1n) is 5.99. The molecule has 0 aliphatic heterocycles. The van der Waals surface area contributed by atoms with Crippen molar-refractivity contribution in [2.45, 2.75) is 33.7 Å². The Hall–Kier alpha value is -1.58. The number of carbonyl (C=O) groups is 1. The van der Waals surface area contributed by atoms with Crippen LogP contribution in [0.3, 0.4) is 0 Å². The van der Waals surface area contributed by atoms with E-state index in [2.05, 4.69) is 29.5 Å². The van der Waals surface area contributed by atoms with E-state index < -0.39 is 0 Å². The van der Waals surface area contributed by atoms with Crippen LogP contribution in [0.25, 0.3) is 0 Å². The van der Waals surface area contributed by atoms with Gasteiger partial charge in [0, 0.05) is 25.0 Å². The van der Waals surface area contributed by atoms with E-state index in [4.69, 9.17) is 0 Å². The van der Waals surface area contributed by atoms with E-state index in [1.54, 1.807) is 12.4 Å². The predicted octanol–water partition coefficient (Wildman–Crippen LogP) is 2.29. The minimum Gasteiger partial charge on any atom is -0.382 e. The third-order valence-electron chi connectivity index (χ3n) is 2.13. The minimum absolute atomic E-state index is 0.0707. The number of anilines is 1. The zero-order chi connectivity index (χ0) is 12.8. The number of nitrogens with zero attached hydrogens (tertiary/aromatic N) is 1. The Morgan fingerprint density at radius 1 is 1.29 bits per heavy atom. The lowest BCUT2D eigenvalue weighted by Crippen LogP contribution is -2.27. The molecular formula is C13H21N3O. The first-order chi connectivity index (χ1) is 7.99. The summed E-state index contributed by atoms with van der Waals surface area (Å²) in [6.07, 6.45) is 3.31. The fraction of sp³-hybridized carbons (Fsp3) is 0.538. The highest BCUT2D eigenvalue weighted by Gasteiger charge is 2.07. The van der Waals surface area contributed by atoms with Crippen LogP contribution in [0.1, 0.15) is 38.1 Å². The number of rotatable bonds is 5. The van der Waals surface area contributed by atoms with Crippen LogP contribution >= 0.6 is 0 Å². The molecular weight excluding hydrogens is 214 g/mol. The number of amides is 1. The smallest absolute Gasteiger partial charge is 0.252 e. The Morgan fingerprint density at radius 2 is 2.00 bits per heavy atom. The number of hydrogen-bond donors (Lipinski definition) is 2. The van der Waals surface area contributed by atoms with Crippen molar-refractivity contribution >= 4 is 11.6 Å². The third kappa shape index (κ3) is 4.85. The maximum Gasteiger partial charge on any atom is 0.252 e. The zero-order valence-corrected chi connectivity index (χ0v) is 10.9. The average molecular weight is 235 g/mol. The van der Waals surface area contributed by atoms with Gasteiger partial charge in [-0.15, -0.1) is 0 Å². The predicted molar refractivity (Wildman–Crippen MR) is 70.2 cm³/mol. The monoisotopic (exact) mass is 235 g/mol. The van der Waals surface area contributed by atoms with Crippen LogP contribution in [0, 0.1) is 5.92 Å². The Bertz CT molecular complexity index is 375. The Balaban J connectivity index is 2.67. The molecule has 1 aromatic heterocycles. The van der Waals surface area contributed by atoms with Gasteiger partial charge in [-0.1, -0.05) is 13.8 Å². The van der Waals surface area contributed by atoms with Crippen LogP contribution in [-0.4, -0.2) is 23.5 Å². The quantitative estimate of drug-likeness (QED) is 0.823. The van der Waals surface area contributed by atoms with Crippen LogP contribution in [0.4, 0.5) is 5.69 Å². The highest BCUT2D eigenvalue weighted by atomic mass is 16.1. The van der Waals surface area contributed by atoms with E-state index in [0.717, 1.165) is 5.69 Å². The standard InChI is InChI=1S/C13H21N3O/c1-9(2)6-15-13(17)11-5-12(8-14-7-11)16-10(3)4/h5,7-10,16H,6H2,1-4H3,(H,15,17). The van der Waals surface area contributed by atoms with Gasteiger partial charge in [-0.3, -0.25) is 9.78 Å². The van der Waals surface area contributed by atoms with Crippen molar-refractivity contribution in [1.82, 2.24) is 10.3 Å². The summed E-state index contributed by atoms with van der Waals surface area (Å²) in [4.78, 5) is 15.9. The molecule has 4 nitrogen and oxygen atoms in total. The molecule has 1 rings (SSSR count). The molecule has 4 heteroatoms. The maximum absolute atomic E-state index is 11.8. The van der Waals surface area contributed by atoms with Crippen molar-refractivity contribution in [3.05, 3.63) is 24.0 Å². The van der Waals surface area contributed by atoms with Crippen molar-refractivity contribution < 1.29 is 4.79 Å². The molecule has 2 N–H and O–H groups in total. The van der Waals surface area contributed by atoms with E-state index in [1.165, 1.54) is 0 Å². The van der Waals surface area contributed by atoms with Gasteiger partial charge in [-0.2, -0.15) is 0 Å². The summed E-state index contributed by atoms with van der Waals surface area (Å²) in [5.74, 6) is 0.377. The SMILES string of the molecule is CC(C)CNC(=O)c1cncc(NC(C)C)c1. The van der Waals surface area contributed by atoms with Gasteiger partial charge >= 0.3 is 0 Å². The molecule has 0 aliphatic rings. The molecule has 0 unspecified atom stereocenters. The van der Waals surface area contributed by atoms with Crippen molar-refractivity contribution in [3.63, 3.8) is 0 Å². The first-order valence-corrected chi connectivity index (χ1v) is 5.99. The van der Waals surface area contributed by atoms with Crippen molar-refractivity contribution in [2.75, 3.05) is 11.9 Å². The second-order valence-electron chi connectivity index (χ2n) is 4.87. The molecule has 1 aromatic rings. The summed E-state index contributed by atoms with van der Waals surface area (Å²) in [5.41, 5.74) is 1.47. The van der Waals surface area contributed by atoms with Crippen molar-refractivity contribution in [2.24, 2.45) is 5.92 Å². The molecule has 1 heterocycles. The van der Waals surface area contributed by atoms with Gasteiger partial charge in [0.25, 0.3) is 5.91 Å². The van der Waals surface area contributed by atoms with E-state index in [-0.39, 0.29) is 5.91 Å². The highest BCUT2D eigenvalue weighted by Crippen LogP contribution is 2.09. The Morgan fingerprint density at radius 3 is 2.59 bits per heavy atom. The van der Waals surface area contributed by atoms with E-state index in [0.29, 0.717) is 24.1 Å². The van der Waals surface area contributed by atoms with Gasteiger partial charge < -0.3 is 10.6 Å². The largest absolute Gasteiger partial charge is 0.382 e. The lowest BCUT2D eigenvalue weighted by molar-refractivity contribution is 0.0948. The summed E-state index contributed by atoms with van der Waals surface area (Å²) in [5, 5.41) is 6.09. The molecule has 0 aromatic carbocycles. The van der Waals surface area contributed by atoms with E-state index in [1.807, 2.05) is 19.9 Å². The normalized spacial score (nSPS) is 10.7. The number of hydrogen-bond acceptors (Lipinski definition) is 3. The molecule has 0 saturated heterocycles. The van der Waals surface area contributed by atoms with Crippen LogP contribution in [0.2, 0.25) is 0 Å². The van der Waals surface area contributed by atoms with E-state index in [9.17, 15) is 4.79 Å². The summed E-state index contributed by atoms with van der Waals surface area (Å²) in [7, 11) is 0. The summed E-state index contributed by atoms with van der Waals surface area (Å²) >= 11 is 0. The molecule has 1 amide bonds. The van der Waals surface area contributed by atoms with Crippen LogP contribution in [-0.2, 0) is 0 Å².